The van der Waals surface area contributed by atoms with Gasteiger partial charge in [-0.05, 0) is 17.5 Å². The van der Waals surface area contributed by atoms with Crippen molar-refractivity contribution < 1.29 is 22.7 Å². The summed E-state index contributed by atoms with van der Waals surface area (Å²) in [5.74, 6) is -0.581. The lowest BCUT2D eigenvalue weighted by atomic mass is 9.99. The van der Waals surface area contributed by atoms with Crippen molar-refractivity contribution in [1.29, 1.82) is 0 Å². The first-order valence-corrected chi connectivity index (χ1v) is 9.05. The molecule has 154 valence electrons. The minimum absolute atomic E-state index is 0.0662. The predicted octanol–water partition coefficient (Wildman–Crippen LogP) is 3.61. The van der Waals surface area contributed by atoms with Gasteiger partial charge in [0.15, 0.2) is 0 Å². The van der Waals surface area contributed by atoms with E-state index in [1.165, 1.54) is 31.6 Å². The summed E-state index contributed by atoms with van der Waals surface area (Å²) in [7, 11) is 1.24. The first-order chi connectivity index (χ1) is 14.3. The van der Waals surface area contributed by atoms with Gasteiger partial charge in [0.2, 0.25) is 0 Å². The highest BCUT2D eigenvalue weighted by atomic mass is 19.4. The normalized spacial score (nSPS) is 13.0. The van der Waals surface area contributed by atoms with Crippen molar-refractivity contribution in [3.05, 3.63) is 66.2 Å². The van der Waals surface area contributed by atoms with Gasteiger partial charge in [0.05, 0.1) is 18.4 Å². The van der Waals surface area contributed by atoms with E-state index in [1.807, 2.05) is 0 Å². The van der Waals surface area contributed by atoms with Crippen LogP contribution in [0.1, 0.15) is 11.3 Å². The van der Waals surface area contributed by atoms with Crippen LogP contribution in [0.5, 0.6) is 0 Å². The summed E-state index contributed by atoms with van der Waals surface area (Å²) in [6, 6.07) is 8.47. The number of rotatable bonds is 4. The average molecular weight is 414 g/mol. The minimum Gasteiger partial charge on any atom is -0.468 e. The predicted molar refractivity (Wildman–Crippen MR) is 105 cm³/mol. The van der Waals surface area contributed by atoms with Crippen LogP contribution in [0.2, 0.25) is 0 Å². The zero-order chi connectivity index (χ0) is 21.5. The van der Waals surface area contributed by atoms with E-state index in [0.29, 0.717) is 11.1 Å². The second-order valence-electron chi connectivity index (χ2n) is 6.76. The van der Waals surface area contributed by atoms with Gasteiger partial charge in [-0.15, -0.1) is 0 Å². The van der Waals surface area contributed by atoms with Gasteiger partial charge in [0.25, 0.3) is 0 Å². The Kier molecular flexibility index (Phi) is 4.90. The molecule has 0 bridgehead atoms. The van der Waals surface area contributed by atoms with Gasteiger partial charge in [-0.1, -0.05) is 24.3 Å². The van der Waals surface area contributed by atoms with Gasteiger partial charge in [0.1, 0.15) is 11.7 Å². The van der Waals surface area contributed by atoms with Crippen molar-refractivity contribution in [2.45, 2.75) is 18.6 Å². The maximum atomic E-state index is 14.0. The molecule has 0 saturated carbocycles. The number of ether oxygens (including phenoxy) is 1. The molecule has 0 fully saturated rings. The number of methoxy groups -OCH3 is 1. The Morgan fingerprint density at radius 2 is 1.97 bits per heavy atom. The van der Waals surface area contributed by atoms with Crippen LogP contribution >= 0.6 is 0 Å². The molecule has 9 heteroatoms. The van der Waals surface area contributed by atoms with Crippen molar-refractivity contribution in [3.63, 3.8) is 0 Å². The SMILES string of the molecule is COC(=O)[C@@H](N)Cc1ccc(-c2ncc3ccccc3c2C(F)(F)F)c2nccn12. The Bertz CT molecular complexity index is 1250. The highest BCUT2D eigenvalue weighted by molar-refractivity contribution is 5.92. The number of nitrogens with zero attached hydrogens (tertiary/aromatic N) is 3. The smallest absolute Gasteiger partial charge is 0.419 e. The highest BCUT2D eigenvalue weighted by Crippen LogP contribution is 2.41. The van der Waals surface area contributed by atoms with Crippen molar-refractivity contribution in [3.8, 4) is 11.3 Å². The third-order valence-corrected chi connectivity index (χ3v) is 4.90. The first-order valence-electron chi connectivity index (χ1n) is 9.05. The number of fused-ring (bicyclic) bond motifs is 2. The number of hydrogen-bond donors (Lipinski definition) is 1. The van der Waals surface area contributed by atoms with E-state index in [1.54, 1.807) is 34.9 Å². The average Bonchev–Trinajstić information content (AvgIpc) is 3.22. The molecule has 0 radical (unpaired) electrons. The number of nitrogens with two attached hydrogens (primary N) is 1. The molecular weight excluding hydrogens is 397 g/mol. The molecule has 0 aliphatic carbocycles. The number of alkyl halides is 3. The summed E-state index contributed by atoms with van der Waals surface area (Å²) < 4.78 is 48.3. The van der Waals surface area contributed by atoms with Crippen molar-refractivity contribution in [2.75, 3.05) is 7.11 Å². The largest absolute Gasteiger partial charge is 0.468 e. The number of aromatic nitrogens is 3. The molecule has 1 atom stereocenters. The van der Waals surface area contributed by atoms with Crippen LogP contribution in [0.4, 0.5) is 13.2 Å². The number of hydrogen-bond acceptors (Lipinski definition) is 5. The summed E-state index contributed by atoms with van der Waals surface area (Å²) in [5, 5.41) is 0.463. The van der Waals surface area contributed by atoms with Crippen LogP contribution in [0.15, 0.2) is 55.0 Å². The molecule has 4 rings (SSSR count). The van der Waals surface area contributed by atoms with E-state index in [2.05, 4.69) is 14.7 Å². The molecule has 0 aliphatic rings. The lowest BCUT2D eigenvalue weighted by Gasteiger charge is -2.17. The zero-order valence-electron chi connectivity index (χ0n) is 15.8. The maximum absolute atomic E-state index is 14.0. The van der Waals surface area contributed by atoms with Crippen molar-refractivity contribution in [2.24, 2.45) is 5.73 Å². The van der Waals surface area contributed by atoms with Crippen LogP contribution in [0.25, 0.3) is 27.7 Å². The second-order valence-corrected chi connectivity index (χ2v) is 6.76. The number of imidazole rings is 1. The monoisotopic (exact) mass is 414 g/mol. The van der Waals surface area contributed by atoms with E-state index in [-0.39, 0.29) is 28.7 Å². The standard InChI is InChI=1S/C21H17F3N4O2/c1-30-20(29)16(25)10-13-6-7-15(19-26-8-9-28(13)19)18-17(21(22,23)24)14-5-3-2-4-12(14)11-27-18/h2-9,11,16H,10,25H2,1H3/t16-/m0/s1. The summed E-state index contributed by atoms with van der Waals surface area (Å²) in [6.07, 6.45) is 0.0169. The number of halogens is 3. The molecule has 0 spiro atoms. The maximum Gasteiger partial charge on any atom is 0.419 e. The fourth-order valence-electron chi connectivity index (χ4n) is 3.53. The zero-order valence-corrected chi connectivity index (χ0v) is 15.8. The summed E-state index contributed by atoms with van der Waals surface area (Å²) in [4.78, 5) is 20.0. The molecule has 30 heavy (non-hydrogen) atoms. The third-order valence-electron chi connectivity index (χ3n) is 4.90. The molecule has 3 heterocycles. The number of esters is 1. The molecule has 0 unspecified atom stereocenters. The van der Waals surface area contributed by atoms with Gasteiger partial charge in [0, 0.05) is 41.7 Å². The summed E-state index contributed by atoms with van der Waals surface area (Å²) in [5.41, 5.74) is 5.95. The molecule has 1 aromatic carbocycles. The Balaban J connectivity index is 1.91. The Hall–Kier alpha value is -3.46. The topological polar surface area (TPSA) is 82.5 Å². The molecular formula is C21H17F3N4O2. The summed E-state index contributed by atoms with van der Waals surface area (Å²) in [6.45, 7) is 0. The van der Waals surface area contributed by atoms with Crippen molar-refractivity contribution >= 4 is 22.4 Å². The van der Waals surface area contributed by atoms with Gasteiger partial charge < -0.3 is 14.9 Å². The van der Waals surface area contributed by atoms with Gasteiger partial charge in [-0.2, -0.15) is 13.2 Å². The summed E-state index contributed by atoms with van der Waals surface area (Å²) >= 11 is 0. The van der Waals surface area contributed by atoms with E-state index in [4.69, 9.17) is 5.73 Å². The highest BCUT2D eigenvalue weighted by Gasteiger charge is 2.37. The van der Waals surface area contributed by atoms with Crippen LogP contribution in [-0.2, 0) is 22.1 Å². The van der Waals surface area contributed by atoms with Gasteiger partial charge >= 0.3 is 12.1 Å². The molecule has 0 aliphatic heterocycles. The molecule has 4 aromatic rings. The number of carbonyl (C=O) groups excluding carboxylic acids is 1. The van der Waals surface area contributed by atoms with E-state index in [0.717, 1.165) is 0 Å². The molecule has 2 N–H and O–H groups in total. The third kappa shape index (κ3) is 3.37. The minimum atomic E-state index is -4.61. The number of benzene rings is 1. The van der Waals surface area contributed by atoms with E-state index in [9.17, 15) is 18.0 Å². The molecule has 6 nitrogen and oxygen atoms in total. The first kappa shape index (κ1) is 19.8. The lowest BCUT2D eigenvalue weighted by molar-refractivity contribution is -0.142. The number of carbonyl (C=O) groups is 1. The van der Waals surface area contributed by atoms with Gasteiger partial charge in [-0.25, -0.2) is 4.98 Å². The Morgan fingerprint density at radius 1 is 1.20 bits per heavy atom. The Morgan fingerprint density at radius 3 is 2.70 bits per heavy atom. The van der Waals surface area contributed by atoms with Crippen LogP contribution in [0.3, 0.4) is 0 Å². The lowest BCUT2D eigenvalue weighted by Crippen LogP contribution is -2.34. The number of pyridine rings is 2. The van der Waals surface area contributed by atoms with Crippen LogP contribution < -0.4 is 5.73 Å². The van der Waals surface area contributed by atoms with Crippen LogP contribution in [-0.4, -0.2) is 33.5 Å². The fraction of sp³-hybridized carbons (Fsp3) is 0.190. The van der Waals surface area contributed by atoms with E-state index >= 15 is 0 Å². The molecule has 0 amide bonds. The van der Waals surface area contributed by atoms with Gasteiger partial charge in [-0.3, -0.25) is 9.78 Å². The second kappa shape index (κ2) is 7.42. The molecule has 3 aromatic heterocycles. The van der Waals surface area contributed by atoms with E-state index < -0.39 is 23.8 Å². The fourth-order valence-corrected chi connectivity index (χ4v) is 3.53. The quantitative estimate of drug-likeness (QED) is 0.516. The van der Waals surface area contributed by atoms with Crippen LogP contribution in [0, 0.1) is 0 Å². The Labute approximate surface area is 169 Å². The van der Waals surface area contributed by atoms with Crippen molar-refractivity contribution in [1.82, 2.24) is 14.4 Å². The molecule has 0 saturated heterocycles.